The molecule has 0 saturated heterocycles. The van der Waals surface area contributed by atoms with Crippen molar-refractivity contribution >= 4 is 17.5 Å². The number of halogens is 1. The molecule has 0 heterocycles. The third kappa shape index (κ3) is 3.50. The Balaban J connectivity index is 1.99. The van der Waals surface area contributed by atoms with E-state index in [0.29, 0.717) is 29.2 Å². The number of hydrogen-bond donors (Lipinski definition) is 3. The second kappa shape index (κ2) is 6.41. The maximum Gasteiger partial charge on any atom is 0.248 e. The number of carbonyl (C=O) groups is 1. The summed E-state index contributed by atoms with van der Waals surface area (Å²) in [6.45, 7) is 0.984. The third-order valence-electron chi connectivity index (χ3n) is 2.94. The number of phenolic OH excluding ortho intramolecular Hbond substituents is 1. The number of aromatic hydroxyl groups is 1. The fourth-order valence-corrected chi connectivity index (χ4v) is 2.13. The summed E-state index contributed by atoms with van der Waals surface area (Å²) >= 11 is 6.02. The third-order valence-corrected chi connectivity index (χ3v) is 3.29. The van der Waals surface area contributed by atoms with E-state index in [1.54, 1.807) is 36.4 Å². The predicted molar refractivity (Wildman–Crippen MR) is 78.6 cm³/mol. The molecule has 2 aromatic carbocycles. The number of phenols is 1. The monoisotopic (exact) mass is 290 g/mol. The molecule has 1 amide bonds. The van der Waals surface area contributed by atoms with Gasteiger partial charge < -0.3 is 16.2 Å². The molecule has 0 atom stereocenters. The van der Waals surface area contributed by atoms with Gasteiger partial charge in [0.2, 0.25) is 5.91 Å². The number of nitrogens with two attached hydrogens (primary N) is 1. The molecule has 0 aliphatic carbocycles. The van der Waals surface area contributed by atoms with Crippen LogP contribution in [0.1, 0.15) is 21.5 Å². The number of benzene rings is 2. The summed E-state index contributed by atoms with van der Waals surface area (Å²) in [4.78, 5) is 11.1. The molecular weight excluding hydrogens is 276 g/mol. The molecule has 0 bridgehead atoms. The lowest BCUT2D eigenvalue weighted by atomic mass is 10.1. The van der Waals surface area contributed by atoms with Crippen molar-refractivity contribution < 1.29 is 9.90 Å². The van der Waals surface area contributed by atoms with Gasteiger partial charge >= 0.3 is 0 Å². The Kier molecular flexibility index (Phi) is 4.61. The predicted octanol–water partition coefficient (Wildman–Crippen LogP) is 2.43. The Labute approximate surface area is 122 Å². The Morgan fingerprint density at radius 3 is 2.65 bits per heavy atom. The first-order valence-corrected chi connectivity index (χ1v) is 6.51. The zero-order valence-electron chi connectivity index (χ0n) is 10.8. The van der Waals surface area contributed by atoms with Crippen LogP contribution in [0, 0.1) is 0 Å². The van der Waals surface area contributed by atoms with Crippen LogP contribution in [0.15, 0.2) is 42.5 Å². The number of amides is 1. The molecule has 0 fully saturated rings. The molecule has 20 heavy (non-hydrogen) atoms. The fraction of sp³-hybridized carbons (Fsp3) is 0.133. The molecular formula is C15H15ClN2O2. The minimum absolute atomic E-state index is 0.163. The minimum atomic E-state index is -0.449. The quantitative estimate of drug-likeness (QED) is 0.792. The molecule has 5 heteroatoms. The first-order valence-electron chi connectivity index (χ1n) is 6.13. The van der Waals surface area contributed by atoms with E-state index in [-0.39, 0.29) is 5.75 Å². The topological polar surface area (TPSA) is 75.4 Å². The standard InChI is InChI=1S/C15H15ClN2O2/c16-13-5-2-6-14(19)12(13)9-18-8-10-3-1-4-11(7-10)15(17)20/h1-7,18-19H,8-9H2,(H2,17,20). The average Bonchev–Trinajstić information content (AvgIpc) is 2.42. The van der Waals surface area contributed by atoms with Gasteiger partial charge in [0.15, 0.2) is 0 Å². The zero-order chi connectivity index (χ0) is 14.5. The molecule has 0 saturated carbocycles. The smallest absolute Gasteiger partial charge is 0.248 e. The van der Waals surface area contributed by atoms with Gasteiger partial charge in [-0.3, -0.25) is 4.79 Å². The van der Waals surface area contributed by atoms with Crippen molar-refractivity contribution in [1.29, 1.82) is 0 Å². The summed E-state index contributed by atoms with van der Waals surface area (Å²) in [7, 11) is 0. The first kappa shape index (κ1) is 14.4. The molecule has 4 N–H and O–H groups in total. The van der Waals surface area contributed by atoms with Crippen LogP contribution in [-0.4, -0.2) is 11.0 Å². The normalized spacial score (nSPS) is 10.4. The Hall–Kier alpha value is -2.04. The van der Waals surface area contributed by atoms with Crippen LogP contribution in [0.25, 0.3) is 0 Å². The molecule has 4 nitrogen and oxygen atoms in total. The van der Waals surface area contributed by atoms with Crippen LogP contribution in [-0.2, 0) is 13.1 Å². The second-order valence-corrected chi connectivity index (χ2v) is 4.81. The highest BCUT2D eigenvalue weighted by atomic mass is 35.5. The van der Waals surface area contributed by atoms with E-state index < -0.39 is 5.91 Å². The van der Waals surface area contributed by atoms with Crippen LogP contribution in [0.2, 0.25) is 5.02 Å². The molecule has 0 aliphatic heterocycles. The maximum absolute atomic E-state index is 11.1. The van der Waals surface area contributed by atoms with Crippen molar-refractivity contribution in [2.45, 2.75) is 13.1 Å². The van der Waals surface area contributed by atoms with E-state index in [1.165, 1.54) is 0 Å². The largest absolute Gasteiger partial charge is 0.508 e. The van der Waals surface area contributed by atoms with E-state index >= 15 is 0 Å². The van der Waals surface area contributed by atoms with E-state index in [4.69, 9.17) is 17.3 Å². The van der Waals surface area contributed by atoms with Gasteiger partial charge in [-0.2, -0.15) is 0 Å². The summed E-state index contributed by atoms with van der Waals surface area (Å²) < 4.78 is 0. The van der Waals surface area contributed by atoms with Crippen LogP contribution in [0.5, 0.6) is 5.75 Å². The van der Waals surface area contributed by atoms with Gasteiger partial charge in [-0.15, -0.1) is 0 Å². The van der Waals surface area contributed by atoms with Crippen LogP contribution >= 0.6 is 11.6 Å². The number of nitrogens with one attached hydrogen (secondary N) is 1. The molecule has 2 aromatic rings. The highest BCUT2D eigenvalue weighted by Gasteiger charge is 2.06. The summed E-state index contributed by atoms with van der Waals surface area (Å²) in [5.74, 6) is -0.286. The van der Waals surface area contributed by atoms with Gasteiger partial charge in [0.1, 0.15) is 5.75 Å². The highest BCUT2D eigenvalue weighted by Crippen LogP contribution is 2.24. The van der Waals surface area contributed by atoms with Gasteiger partial charge in [-0.1, -0.05) is 29.8 Å². The summed E-state index contributed by atoms with van der Waals surface area (Å²) in [6.07, 6.45) is 0. The lowest BCUT2D eigenvalue weighted by molar-refractivity contribution is 0.1000. The van der Waals surface area contributed by atoms with E-state index in [0.717, 1.165) is 5.56 Å². The van der Waals surface area contributed by atoms with Crippen molar-refractivity contribution in [2.24, 2.45) is 5.73 Å². The molecule has 104 valence electrons. The lowest BCUT2D eigenvalue weighted by Crippen LogP contribution is -2.15. The van der Waals surface area contributed by atoms with Crippen LogP contribution < -0.4 is 11.1 Å². The Bertz CT molecular complexity index is 609. The SMILES string of the molecule is NC(=O)c1cccc(CNCc2c(O)cccc2Cl)c1. The Morgan fingerprint density at radius 2 is 1.95 bits per heavy atom. The van der Waals surface area contributed by atoms with E-state index in [9.17, 15) is 9.90 Å². The first-order chi connectivity index (χ1) is 9.58. The van der Waals surface area contributed by atoms with Crippen molar-refractivity contribution in [3.8, 4) is 5.75 Å². The van der Waals surface area contributed by atoms with E-state index in [2.05, 4.69) is 5.32 Å². The second-order valence-electron chi connectivity index (χ2n) is 4.41. The molecule has 0 radical (unpaired) electrons. The zero-order valence-corrected chi connectivity index (χ0v) is 11.5. The van der Waals surface area contributed by atoms with Gasteiger partial charge in [0, 0.05) is 29.2 Å². The van der Waals surface area contributed by atoms with Gasteiger partial charge in [0.05, 0.1) is 0 Å². The highest BCUT2D eigenvalue weighted by molar-refractivity contribution is 6.31. The van der Waals surface area contributed by atoms with Crippen LogP contribution in [0.3, 0.4) is 0 Å². The summed E-state index contributed by atoms with van der Waals surface area (Å²) in [5, 5.41) is 13.4. The van der Waals surface area contributed by atoms with Crippen LogP contribution in [0.4, 0.5) is 0 Å². The van der Waals surface area contributed by atoms with Crippen molar-refractivity contribution in [1.82, 2.24) is 5.32 Å². The number of carbonyl (C=O) groups excluding carboxylic acids is 1. The molecule has 0 spiro atoms. The average molecular weight is 291 g/mol. The number of hydrogen-bond acceptors (Lipinski definition) is 3. The molecule has 0 aromatic heterocycles. The van der Waals surface area contributed by atoms with E-state index in [1.807, 2.05) is 6.07 Å². The number of rotatable bonds is 5. The maximum atomic E-state index is 11.1. The summed E-state index contributed by atoms with van der Waals surface area (Å²) in [6, 6.07) is 12.1. The van der Waals surface area contributed by atoms with Crippen molar-refractivity contribution in [2.75, 3.05) is 0 Å². The Morgan fingerprint density at radius 1 is 1.20 bits per heavy atom. The van der Waals surface area contributed by atoms with Gasteiger partial charge in [-0.25, -0.2) is 0 Å². The lowest BCUT2D eigenvalue weighted by Gasteiger charge is -2.09. The van der Waals surface area contributed by atoms with Gasteiger partial charge in [0.25, 0.3) is 0 Å². The molecule has 2 rings (SSSR count). The molecule has 0 unspecified atom stereocenters. The minimum Gasteiger partial charge on any atom is -0.508 e. The molecule has 0 aliphatic rings. The van der Waals surface area contributed by atoms with Crippen molar-refractivity contribution in [3.05, 3.63) is 64.2 Å². The van der Waals surface area contributed by atoms with Gasteiger partial charge in [-0.05, 0) is 29.8 Å². The summed E-state index contributed by atoms with van der Waals surface area (Å²) in [5.41, 5.74) is 7.30. The van der Waals surface area contributed by atoms with Crippen molar-refractivity contribution in [3.63, 3.8) is 0 Å². The number of primary amides is 1. The fourth-order valence-electron chi connectivity index (χ4n) is 1.89.